The SMILES string of the molecule is COc1ccc(CN2C(=O)c3c(N)ccc(Br)c3C2(O)c2cc(F)ccc2Cl)cc1. The van der Waals surface area contributed by atoms with Crippen molar-refractivity contribution in [2.75, 3.05) is 12.8 Å². The van der Waals surface area contributed by atoms with E-state index in [4.69, 9.17) is 22.1 Å². The number of aliphatic hydroxyl groups is 1. The molecule has 1 amide bonds. The summed E-state index contributed by atoms with van der Waals surface area (Å²) >= 11 is 9.76. The van der Waals surface area contributed by atoms with Crippen molar-refractivity contribution >= 4 is 39.1 Å². The summed E-state index contributed by atoms with van der Waals surface area (Å²) in [6.07, 6.45) is 0. The summed E-state index contributed by atoms with van der Waals surface area (Å²) in [6.45, 7) is 0.0345. The number of fused-ring (bicyclic) bond motifs is 1. The fraction of sp³-hybridized carbons (Fsp3) is 0.136. The lowest BCUT2D eigenvalue weighted by Gasteiger charge is -2.36. The van der Waals surface area contributed by atoms with Crippen molar-refractivity contribution in [1.29, 1.82) is 0 Å². The van der Waals surface area contributed by atoms with Crippen LogP contribution in [0.1, 0.15) is 27.0 Å². The van der Waals surface area contributed by atoms with Crippen LogP contribution in [0.5, 0.6) is 5.75 Å². The maximum atomic E-state index is 14.1. The van der Waals surface area contributed by atoms with Gasteiger partial charge in [-0.25, -0.2) is 4.39 Å². The van der Waals surface area contributed by atoms with E-state index in [0.29, 0.717) is 10.2 Å². The molecule has 4 rings (SSSR count). The smallest absolute Gasteiger partial charge is 0.259 e. The number of anilines is 1. The highest BCUT2D eigenvalue weighted by atomic mass is 79.9. The zero-order chi connectivity index (χ0) is 21.6. The lowest BCUT2D eigenvalue weighted by atomic mass is 9.92. The van der Waals surface area contributed by atoms with Gasteiger partial charge in [-0.05, 0) is 48.0 Å². The molecular weight excluding hydrogens is 475 g/mol. The number of carbonyl (C=O) groups is 1. The molecule has 0 saturated heterocycles. The number of nitrogen functional groups attached to an aromatic ring is 1. The predicted molar refractivity (Wildman–Crippen MR) is 116 cm³/mol. The summed E-state index contributed by atoms with van der Waals surface area (Å²) in [7, 11) is 1.56. The quantitative estimate of drug-likeness (QED) is 0.520. The number of rotatable bonds is 4. The molecule has 0 radical (unpaired) electrons. The molecule has 1 aliphatic heterocycles. The lowest BCUT2D eigenvalue weighted by Crippen LogP contribution is -2.44. The van der Waals surface area contributed by atoms with Crippen LogP contribution in [-0.2, 0) is 12.3 Å². The van der Waals surface area contributed by atoms with Gasteiger partial charge in [0.2, 0.25) is 0 Å². The average molecular weight is 492 g/mol. The largest absolute Gasteiger partial charge is 0.497 e. The Bertz CT molecular complexity index is 1160. The highest BCUT2D eigenvalue weighted by Gasteiger charge is 2.53. The number of amides is 1. The molecule has 1 atom stereocenters. The second-order valence-electron chi connectivity index (χ2n) is 6.92. The van der Waals surface area contributed by atoms with Crippen molar-refractivity contribution in [3.8, 4) is 5.75 Å². The topological polar surface area (TPSA) is 75.8 Å². The van der Waals surface area contributed by atoms with Gasteiger partial charge in [0.15, 0.2) is 5.72 Å². The van der Waals surface area contributed by atoms with Crippen molar-refractivity contribution in [2.45, 2.75) is 12.3 Å². The highest BCUT2D eigenvalue weighted by molar-refractivity contribution is 9.10. The molecule has 1 heterocycles. The second kappa shape index (κ2) is 7.58. The van der Waals surface area contributed by atoms with E-state index in [1.807, 2.05) is 0 Å². The number of halogens is 3. The van der Waals surface area contributed by atoms with Crippen LogP contribution < -0.4 is 10.5 Å². The maximum Gasteiger partial charge on any atom is 0.259 e. The fourth-order valence-electron chi connectivity index (χ4n) is 3.73. The van der Waals surface area contributed by atoms with Crippen LogP contribution in [0.15, 0.2) is 59.1 Å². The fourth-order valence-corrected chi connectivity index (χ4v) is 4.58. The molecule has 1 aliphatic rings. The summed E-state index contributed by atoms with van der Waals surface area (Å²) in [5, 5.41) is 12.1. The number of nitrogens with zero attached hydrogens (tertiary/aromatic N) is 1. The van der Waals surface area contributed by atoms with E-state index in [2.05, 4.69) is 15.9 Å². The van der Waals surface area contributed by atoms with Crippen LogP contribution in [0.4, 0.5) is 10.1 Å². The lowest BCUT2D eigenvalue weighted by molar-refractivity contribution is -0.0548. The Balaban J connectivity index is 1.93. The van der Waals surface area contributed by atoms with Crippen molar-refractivity contribution in [2.24, 2.45) is 0 Å². The molecule has 8 heteroatoms. The van der Waals surface area contributed by atoms with E-state index in [1.165, 1.54) is 17.0 Å². The van der Waals surface area contributed by atoms with Gasteiger partial charge in [-0.3, -0.25) is 9.69 Å². The predicted octanol–water partition coefficient (Wildman–Crippen LogP) is 4.68. The van der Waals surface area contributed by atoms with Crippen LogP contribution in [-0.4, -0.2) is 23.0 Å². The van der Waals surface area contributed by atoms with Gasteiger partial charge in [0.05, 0.1) is 12.7 Å². The molecule has 3 aromatic carbocycles. The first kappa shape index (κ1) is 20.7. The Labute approximate surface area is 186 Å². The van der Waals surface area contributed by atoms with Gasteiger partial charge in [0.1, 0.15) is 11.6 Å². The van der Waals surface area contributed by atoms with Crippen LogP contribution in [0.3, 0.4) is 0 Å². The molecule has 0 saturated carbocycles. The molecule has 30 heavy (non-hydrogen) atoms. The molecular formula is C22H17BrClFN2O3. The zero-order valence-electron chi connectivity index (χ0n) is 15.8. The van der Waals surface area contributed by atoms with E-state index in [1.54, 1.807) is 43.5 Å². The van der Waals surface area contributed by atoms with Crippen LogP contribution in [0, 0.1) is 5.82 Å². The molecule has 3 N–H and O–H groups in total. The van der Waals surface area contributed by atoms with Gasteiger partial charge < -0.3 is 15.6 Å². The Hall–Kier alpha value is -2.61. The van der Waals surface area contributed by atoms with Crippen LogP contribution >= 0.6 is 27.5 Å². The van der Waals surface area contributed by atoms with E-state index in [0.717, 1.165) is 11.6 Å². The normalized spacial score (nSPS) is 17.9. The number of hydrogen-bond donors (Lipinski definition) is 2. The molecule has 154 valence electrons. The minimum Gasteiger partial charge on any atom is -0.497 e. The van der Waals surface area contributed by atoms with Crippen molar-refractivity contribution in [1.82, 2.24) is 4.90 Å². The zero-order valence-corrected chi connectivity index (χ0v) is 18.2. The maximum absolute atomic E-state index is 14.1. The minimum atomic E-state index is -2.03. The summed E-state index contributed by atoms with van der Waals surface area (Å²) < 4.78 is 19.8. The average Bonchev–Trinajstić information content (AvgIpc) is 2.96. The van der Waals surface area contributed by atoms with Crippen molar-refractivity contribution < 1.29 is 19.0 Å². The third-order valence-electron chi connectivity index (χ3n) is 5.19. The third-order valence-corrected chi connectivity index (χ3v) is 6.18. The van der Waals surface area contributed by atoms with E-state index in [-0.39, 0.29) is 33.9 Å². The van der Waals surface area contributed by atoms with Crippen LogP contribution in [0.2, 0.25) is 5.02 Å². The second-order valence-corrected chi connectivity index (χ2v) is 8.18. The summed E-state index contributed by atoms with van der Waals surface area (Å²) in [6, 6.07) is 13.9. The number of ether oxygens (including phenoxy) is 1. The Morgan fingerprint density at radius 2 is 1.90 bits per heavy atom. The summed E-state index contributed by atoms with van der Waals surface area (Å²) in [5.74, 6) is -0.416. The minimum absolute atomic E-state index is 0.0345. The molecule has 0 spiro atoms. The van der Waals surface area contributed by atoms with Gasteiger partial charge in [0, 0.05) is 32.9 Å². The first-order chi connectivity index (χ1) is 14.3. The van der Waals surface area contributed by atoms with E-state index in [9.17, 15) is 14.3 Å². The Morgan fingerprint density at radius 1 is 1.20 bits per heavy atom. The number of methoxy groups -OCH3 is 1. The molecule has 0 aromatic heterocycles. The Morgan fingerprint density at radius 3 is 2.57 bits per heavy atom. The van der Waals surface area contributed by atoms with Crippen molar-refractivity contribution in [3.05, 3.63) is 92.2 Å². The molecule has 0 aliphatic carbocycles. The van der Waals surface area contributed by atoms with Gasteiger partial charge in [0.25, 0.3) is 5.91 Å². The van der Waals surface area contributed by atoms with Gasteiger partial charge >= 0.3 is 0 Å². The van der Waals surface area contributed by atoms with Crippen LogP contribution in [0.25, 0.3) is 0 Å². The van der Waals surface area contributed by atoms with Gasteiger partial charge in [-0.15, -0.1) is 0 Å². The number of carbonyl (C=O) groups excluding carboxylic acids is 1. The molecule has 1 unspecified atom stereocenters. The molecule has 0 bridgehead atoms. The number of hydrogen-bond acceptors (Lipinski definition) is 4. The highest BCUT2D eigenvalue weighted by Crippen LogP contribution is 2.49. The molecule has 0 fully saturated rings. The van der Waals surface area contributed by atoms with E-state index >= 15 is 0 Å². The summed E-state index contributed by atoms with van der Waals surface area (Å²) in [4.78, 5) is 14.6. The van der Waals surface area contributed by atoms with Gasteiger partial charge in [-0.2, -0.15) is 0 Å². The monoisotopic (exact) mass is 490 g/mol. The number of benzene rings is 3. The van der Waals surface area contributed by atoms with Crippen molar-refractivity contribution in [3.63, 3.8) is 0 Å². The molecule has 3 aromatic rings. The first-order valence-corrected chi connectivity index (χ1v) is 10.2. The standard InChI is InChI=1S/C22H17BrClFN2O3/c1-30-14-5-2-12(3-6-14)11-27-21(28)19-18(26)9-7-16(23)20(19)22(27,29)15-10-13(25)4-8-17(15)24/h2-10,29H,11,26H2,1H3. The first-order valence-electron chi connectivity index (χ1n) is 8.98. The summed E-state index contributed by atoms with van der Waals surface area (Å²) in [5.41, 5.74) is 5.44. The third kappa shape index (κ3) is 3.14. The molecule has 5 nitrogen and oxygen atoms in total. The number of nitrogens with two attached hydrogens (primary N) is 1. The van der Waals surface area contributed by atoms with E-state index < -0.39 is 17.4 Å². The Kier molecular flexibility index (Phi) is 5.22. The van der Waals surface area contributed by atoms with Gasteiger partial charge in [-0.1, -0.05) is 39.7 Å².